The second-order valence-corrected chi connectivity index (χ2v) is 9.75. The highest BCUT2D eigenvalue weighted by molar-refractivity contribution is 7.90. The van der Waals surface area contributed by atoms with Gasteiger partial charge in [0.1, 0.15) is 5.75 Å². The molecule has 2 rings (SSSR count). The van der Waals surface area contributed by atoms with Crippen molar-refractivity contribution in [3.05, 3.63) is 59.7 Å². The third kappa shape index (κ3) is 7.00. The van der Waals surface area contributed by atoms with Crippen LogP contribution in [-0.4, -0.2) is 32.7 Å². The predicted octanol–water partition coefficient (Wildman–Crippen LogP) is 3.70. The van der Waals surface area contributed by atoms with Gasteiger partial charge in [-0.05, 0) is 69.0 Å². The lowest BCUT2D eigenvalue weighted by molar-refractivity contribution is -0.122. The van der Waals surface area contributed by atoms with E-state index < -0.39 is 9.84 Å². The Kier molecular flexibility index (Phi) is 7.24. The minimum Gasteiger partial charge on any atom is -0.494 e. The monoisotopic (exact) mass is 403 g/mol. The molecule has 0 aromatic heterocycles. The average Bonchev–Trinajstić information content (AvgIpc) is 2.60. The van der Waals surface area contributed by atoms with Crippen molar-refractivity contribution in [3.63, 3.8) is 0 Å². The first kappa shape index (κ1) is 22.0. The first-order valence-electron chi connectivity index (χ1n) is 9.35. The number of hydrogen-bond acceptors (Lipinski definition) is 4. The average molecular weight is 404 g/mol. The van der Waals surface area contributed by atoms with Crippen molar-refractivity contribution < 1.29 is 17.9 Å². The molecule has 2 aromatic carbocycles. The number of sulfone groups is 1. The Hall–Kier alpha value is -2.34. The van der Waals surface area contributed by atoms with Gasteiger partial charge >= 0.3 is 0 Å². The van der Waals surface area contributed by atoms with Crippen molar-refractivity contribution in [1.29, 1.82) is 0 Å². The predicted molar refractivity (Wildman–Crippen MR) is 111 cm³/mol. The fraction of sp³-hybridized carbons (Fsp3) is 0.409. The number of benzene rings is 2. The van der Waals surface area contributed by atoms with E-state index in [2.05, 4.69) is 24.4 Å². The van der Waals surface area contributed by atoms with Gasteiger partial charge in [-0.2, -0.15) is 0 Å². The van der Waals surface area contributed by atoms with Crippen molar-refractivity contribution in [3.8, 4) is 5.75 Å². The topological polar surface area (TPSA) is 72.5 Å². The Morgan fingerprint density at radius 2 is 1.71 bits per heavy atom. The number of hydrogen-bond donors (Lipinski definition) is 1. The molecule has 0 saturated carbocycles. The van der Waals surface area contributed by atoms with Crippen molar-refractivity contribution in [2.24, 2.45) is 0 Å². The summed E-state index contributed by atoms with van der Waals surface area (Å²) in [5.41, 5.74) is 2.12. The Balaban J connectivity index is 1.75. The molecule has 1 amide bonds. The maximum atomic E-state index is 12.3. The van der Waals surface area contributed by atoms with Crippen molar-refractivity contribution in [2.75, 3.05) is 12.9 Å². The van der Waals surface area contributed by atoms with Crippen LogP contribution in [0.3, 0.4) is 0 Å². The maximum Gasteiger partial charge on any atom is 0.220 e. The molecule has 0 fully saturated rings. The number of carbonyl (C=O) groups is 1. The number of amides is 1. The summed E-state index contributed by atoms with van der Waals surface area (Å²) >= 11 is 0. The van der Waals surface area contributed by atoms with Crippen LogP contribution in [0.15, 0.2) is 53.4 Å². The standard InChI is InChI=1S/C22H29NO4S/c1-17-8-5-6-9-18(17)16-22(2,3)23-21(24)10-7-15-27-19-11-13-20(14-12-19)28(4,25)26/h5-6,8-9,11-14H,7,10,15-16H2,1-4H3,(H,23,24). The smallest absolute Gasteiger partial charge is 0.220 e. The van der Waals surface area contributed by atoms with Crippen LogP contribution in [0, 0.1) is 6.92 Å². The number of carbonyl (C=O) groups excluding carboxylic acids is 1. The van der Waals surface area contributed by atoms with E-state index in [1.54, 1.807) is 12.1 Å². The van der Waals surface area contributed by atoms with Crippen LogP contribution in [0.4, 0.5) is 0 Å². The van der Waals surface area contributed by atoms with E-state index in [4.69, 9.17) is 4.74 Å². The van der Waals surface area contributed by atoms with Gasteiger partial charge in [0, 0.05) is 18.2 Å². The molecule has 0 aliphatic rings. The van der Waals surface area contributed by atoms with E-state index in [9.17, 15) is 13.2 Å². The highest BCUT2D eigenvalue weighted by atomic mass is 32.2. The van der Waals surface area contributed by atoms with Gasteiger partial charge in [0.05, 0.1) is 11.5 Å². The van der Waals surface area contributed by atoms with Crippen LogP contribution < -0.4 is 10.1 Å². The zero-order valence-electron chi connectivity index (χ0n) is 17.0. The SMILES string of the molecule is Cc1ccccc1CC(C)(C)NC(=O)CCCOc1ccc(S(C)(=O)=O)cc1. The number of rotatable bonds is 9. The van der Waals surface area contributed by atoms with E-state index in [-0.39, 0.29) is 16.3 Å². The minimum absolute atomic E-state index is 0.00499. The van der Waals surface area contributed by atoms with Gasteiger partial charge in [0.15, 0.2) is 9.84 Å². The Bertz CT molecular complexity index is 902. The fourth-order valence-electron chi connectivity index (χ4n) is 2.97. The summed E-state index contributed by atoms with van der Waals surface area (Å²) in [5, 5.41) is 3.09. The second-order valence-electron chi connectivity index (χ2n) is 7.73. The zero-order valence-corrected chi connectivity index (χ0v) is 17.8. The van der Waals surface area contributed by atoms with Crippen molar-refractivity contribution >= 4 is 15.7 Å². The highest BCUT2D eigenvalue weighted by Gasteiger charge is 2.21. The third-order valence-electron chi connectivity index (χ3n) is 4.44. The van der Waals surface area contributed by atoms with Crippen molar-refractivity contribution in [2.45, 2.75) is 50.5 Å². The lowest BCUT2D eigenvalue weighted by Crippen LogP contribution is -2.45. The molecule has 152 valence electrons. The van der Waals surface area contributed by atoms with E-state index in [0.717, 1.165) is 6.42 Å². The largest absolute Gasteiger partial charge is 0.494 e. The molecule has 5 nitrogen and oxygen atoms in total. The number of nitrogens with one attached hydrogen (secondary N) is 1. The third-order valence-corrected chi connectivity index (χ3v) is 5.57. The quantitative estimate of drug-likeness (QED) is 0.648. The summed E-state index contributed by atoms with van der Waals surface area (Å²) in [4.78, 5) is 12.5. The van der Waals surface area contributed by atoms with E-state index >= 15 is 0 Å². The van der Waals surface area contributed by atoms with Gasteiger partial charge < -0.3 is 10.1 Å². The molecule has 0 heterocycles. The van der Waals surface area contributed by atoms with Gasteiger partial charge in [0.2, 0.25) is 5.91 Å². The summed E-state index contributed by atoms with van der Waals surface area (Å²) in [7, 11) is -3.21. The molecular weight excluding hydrogens is 374 g/mol. The lowest BCUT2D eigenvalue weighted by atomic mass is 9.92. The van der Waals surface area contributed by atoms with E-state index in [0.29, 0.717) is 25.2 Å². The lowest BCUT2D eigenvalue weighted by Gasteiger charge is -2.27. The Morgan fingerprint density at radius 3 is 2.32 bits per heavy atom. The summed E-state index contributed by atoms with van der Waals surface area (Å²) < 4.78 is 28.5. The summed E-state index contributed by atoms with van der Waals surface area (Å²) in [6.07, 6.45) is 2.90. The van der Waals surface area contributed by atoms with E-state index in [1.807, 2.05) is 26.0 Å². The van der Waals surface area contributed by atoms with Gasteiger partial charge in [-0.25, -0.2) is 8.42 Å². The summed E-state index contributed by atoms with van der Waals surface area (Å²) in [6, 6.07) is 14.5. The summed E-state index contributed by atoms with van der Waals surface area (Å²) in [6.45, 7) is 6.52. The minimum atomic E-state index is -3.21. The maximum absolute atomic E-state index is 12.3. The zero-order chi connectivity index (χ0) is 20.8. The molecule has 0 bridgehead atoms. The molecule has 0 spiro atoms. The number of aryl methyl sites for hydroxylation is 1. The molecule has 0 aliphatic heterocycles. The van der Waals surface area contributed by atoms with Crippen LogP contribution in [0.25, 0.3) is 0 Å². The summed E-state index contributed by atoms with van der Waals surface area (Å²) in [5.74, 6) is 0.585. The highest BCUT2D eigenvalue weighted by Crippen LogP contribution is 2.17. The van der Waals surface area contributed by atoms with Crippen LogP contribution in [0.5, 0.6) is 5.75 Å². The molecule has 0 aliphatic carbocycles. The Morgan fingerprint density at radius 1 is 1.07 bits per heavy atom. The molecule has 2 aromatic rings. The first-order valence-corrected chi connectivity index (χ1v) is 11.2. The van der Waals surface area contributed by atoms with Gasteiger partial charge in [-0.3, -0.25) is 4.79 Å². The molecule has 0 atom stereocenters. The molecule has 0 saturated heterocycles. The second kappa shape index (κ2) is 9.24. The van der Waals surface area contributed by atoms with Crippen LogP contribution in [0.1, 0.15) is 37.8 Å². The molecule has 0 unspecified atom stereocenters. The molecule has 6 heteroatoms. The van der Waals surface area contributed by atoms with Crippen LogP contribution in [0.2, 0.25) is 0 Å². The normalized spacial score (nSPS) is 11.9. The van der Waals surface area contributed by atoms with Gasteiger partial charge in [-0.1, -0.05) is 24.3 Å². The van der Waals surface area contributed by atoms with Crippen molar-refractivity contribution in [1.82, 2.24) is 5.32 Å². The Labute approximate surface area is 168 Å². The van der Waals surface area contributed by atoms with Crippen LogP contribution in [-0.2, 0) is 21.1 Å². The van der Waals surface area contributed by atoms with Gasteiger partial charge in [-0.15, -0.1) is 0 Å². The molecule has 28 heavy (non-hydrogen) atoms. The molecule has 0 radical (unpaired) electrons. The van der Waals surface area contributed by atoms with Gasteiger partial charge in [0.25, 0.3) is 0 Å². The molecule has 1 N–H and O–H groups in total. The van der Waals surface area contributed by atoms with Crippen LogP contribution >= 0.6 is 0 Å². The first-order chi connectivity index (χ1) is 13.1. The van der Waals surface area contributed by atoms with E-state index in [1.165, 1.54) is 29.5 Å². The molecular formula is C22H29NO4S. The number of ether oxygens (including phenoxy) is 1. The fourth-order valence-corrected chi connectivity index (χ4v) is 3.60.